The molecule has 0 spiro atoms. The van der Waals surface area contributed by atoms with Gasteiger partial charge in [0.1, 0.15) is 23.6 Å². The molecular weight excluding hydrogens is 744 g/mol. The van der Waals surface area contributed by atoms with Gasteiger partial charge in [-0.25, -0.2) is 19.5 Å². The van der Waals surface area contributed by atoms with Crippen LogP contribution in [0.2, 0.25) is 0 Å². The molecule has 12 nitrogen and oxygen atoms in total. The highest BCUT2D eigenvalue weighted by Gasteiger charge is 2.38. The van der Waals surface area contributed by atoms with Crippen molar-refractivity contribution >= 4 is 40.6 Å². The topological polar surface area (TPSA) is 152 Å². The molecule has 3 N–H and O–H groups in total. The number of carboxylic acids is 1. The van der Waals surface area contributed by atoms with E-state index in [2.05, 4.69) is 30.7 Å². The number of piperidine rings is 1. The highest BCUT2D eigenvalue weighted by atomic mass is 32.2. The fourth-order valence-electron chi connectivity index (χ4n) is 5.00. The normalized spacial score (nSPS) is 14.0. The van der Waals surface area contributed by atoms with E-state index in [0.29, 0.717) is 22.4 Å². The molecule has 0 amide bonds. The molecule has 5 rings (SSSR count). The van der Waals surface area contributed by atoms with Crippen LogP contribution in [0.4, 0.5) is 32.0 Å². The zero-order chi connectivity index (χ0) is 39.5. The number of ketones is 1. The standard InChI is InChI=1S/C33H34F3N7O3S.C2HF3O2/c1-21-16-28(45-3)17-22(2)30(21)40-32(47-19-29(44)24-12-14-37-15-13-24)41-39-18-23-4-6-25(7-5-23)31-38-20-43(42-31)26-8-10-27(11-9-26)46-33(34,35)36;3-2(4,5)1(6)7/h4-11,16-18,20,24,37H,12-15,19H2,1-3H3,(H,40,41);(H,6,7)/b39-18+;. The number of carboxylic acid groups (broad SMARTS) is 1. The maximum absolute atomic E-state index is 12.9. The van der Waals surface area contributed by atoms with Gasteiger partial charge >= 0.3 is 18.5 Å². The van der Waals surface area contributed by atoms with Gasteiger partial charge in [-0.2, -0.15) is 18.3 Å². The first-order chi connectivity index (χ1) is 25.5. The molecule has 2 heterocycles. The third-order valence-electron chi connectivity index (χ3n) is 7.67. The quantitative estimate of drug-likeness (QED) is 0.0664. The van der Waals surface area contributed by atoms with Crippen molar-refractivity contribution in [3.63, 3.8) is 0 Å². The molecule has 288 valence electrons. The molecule has 54 heavy (non-hydrogen) atoms. The number of Topliss-reactive ketones (excluding diaryl/α,β-unsaturated/α-hetero) is 1. The van der Waals surface area contributed by atoms with Crippen LogP contribution in [0.3, 0.4) is 0 Å². The zero-order valence-corrected chi connectivity index (χ0v) is 29.8. The predicted molar refractivity (Wildman–Crippen MR) is 191 cm³/mol. The summed E-state index contributed by atoms with van der Waals surface area (Å²) < 4.78 is 79.9. The number of aliphatic carboxylic acids is 1. The third-order valence-corrected chi connectivity index (χ3v) is 8.56. The van der Waals surface area contributed by atoms with Gasteiger partial charge in [0.15, 0.2) is 11.0 Å². The van der Waals surface area contributed by atoms with E-state index < -0.39 is 18.5 Å². The first-order valence-electron chi connectivity index (χ1n) is 16.1. The van der Waals surface area contributed by atoms with Crippen molar-refractivity contribution in [1.29, 1.82) is 0 Å². The summed E-state index contributed by atoms with van der Waals surface area (Å²) >= 11 is 1.33. The van der Waals surface area contributed by atoms with E-state index in [-0.39, 0.29) is 17.5 Å². The van der Waals surface area contributed by atoms with Crippen LogP contribution in [0.1, 0.15) is 29.5 Å². The molecule has 0 unspecified atom stereocenters. The van der Waals surface area contributed by atoms with Gasteiger partial charge in [0.2, 0.25) is 0 Å². The lowest BCUT2D eigenvalue weighted by molar-refractivity contribution is -0.274. The number of hydrazone groups is 1. The van der Waals surface area contributed by atoms with E-state index >= 15 is 0 Å². The lowest BCUT2D eigenvalue weighted by Crippen LogP contribution is -2.33. The monoisotopic (exact) mass is 779 g/mol. The molecule has 3 aromatic carbocycles. The van der Waals surface area contributed by atoms with Crippen LogP contribution in [0.25, 0.3) is 17.1 Å². The molecule has 1 aromatic heterocycles. The van der Waals surface area contributed by atoms with Crippen LogP contribution in [0.15, 0.2) is 77.1 Å². The number of amidine groups is 1. The van der Waals surface area contributed by atoms with Crippen molar-refractivity contribution < 1.29 is 50.5 Å². The van der Waals surface area contributed by atoms with Gasteiger partial charge < -0.3 is 19.9 Å². The number of thioether (sulfide) groups is 1. The molecule has 1 aliphatic rings. The molecule has 1 saturated heterocycles. The van der Waals surface area contributed by atoms with E-state index in [0.717, 1.165) is 59.6 Å². The predicted octanol–water partition coefficient (Wildman–Crippen LogP) is 7.00. The minimum Gasteiger partial charge on any atom is -0.497 e. The Morgan fingerprint density at radius 2 is 1.61 bits per heavy atom. The first-order valence-corrected chi connectivity index (χ1v) is 17.1. The number of carbonyl (C=O) groups excluding carboxylic acids is 1. The fraction of sp³-hybridized carbons (Fsp3) is 0.314. The molecule has 0 aliphatic carbocycles. The summed E-state index contributed by atoms with van der Waals surface area (Å²) in [6.07, 6.45) is -5.03. The average Bonchev–Trinajstić information content (AvgIpc) is 3.62. The van der Waals surface area contributed by atoms with Crippen LogP contribution in [0, 0.1) is 19.8 Å². The Morgan fingerprint density at radius 3 is 2.17 bits per heavy atom. The summed E-state index contributed by atoms with van der Waals surface area (Å²) in [6, 6.07) is 16.6. The molecule has 1 aliphatic heterocycles. The number of methoxy groups -OCH3 is 1. The van der Waals surface area contributed by atoms with Crippen LogP contribution < -0.4 is 20.2 Å². The number of benzene rings is 3. The lowest BCUT2D eigenvalue weighted by atomic mass is 9.94. The van der Waals surface area contributed by atoms with E-state index in [4.69, 9.17) is 19.6 Å². The molecular formula is C35H35F6N7O5S. The molecule has 19 heteroatoms. The Hall–Kier alpha value is -5.43. The number of rotatable bonds is 10. The number of ether oxygens (including phenoxy) is 2. The smallest absolute Gasteiger partial charge is 0.497 e. The van der Waals surface area contributed by atoms with Gasteiger partial charge in [0, 0.05) is 11.5 Å². The van der Waals surface area contributed by atoms with Gasteiger partial charge in [-0.15, -0.1) is 18.3 Å². The van der Waals surface area contributed by atoms with E-state index in [1.165, 1.54) is 47.0 Å². The molecule has 0 radical (unpaired) electrons. The molecule has 0 atom stereocenters. The summed E-state index contributed by atoms with van der Waals surface area (Å²) in [5.74, 6) is -1.33. The van der Waals surface area contributed by atoms with E-state index in [1.54, 1.807) is 13.3 Å². The maximum Gasteiger partial charge on any atom is 0.573 e. The van der Waals surface area contributed by atoms with E-state index in [1.807, 2.05) is 50.2 Å². The third kappa shape index (κ3) is 12.6. The first kappa shape index (κ1) is 41.3. The molecule has 4 aromatic rings. The number of aryl methyl sites for hydroxylation is 2. The number of alkyl halides is 6. The number of aliphatic imine (C=N–C) groups is 1. The summed E-state index contributed by atoms with van der Waals surface area (Å²) in [6.45, 7) is 5.62. The Kier molecular flexibility index (Phi) is 14.2. The number of carbonyl (C=O) groups is 2. The van der Waals surface area contributed by atoms with Crippen molar-refractivity contribution in [1.82, 2.24) is 25.5 Å². The summed E-state index contributed by atoms with van der Waals surface area (Å²) in [4.78, 5) is 31.0. The van der Waals surface area contributed by atoms with Crippen molar-refractivity contribution in [2.24, 2.45) is 16.0 Å². The van der Waals surface area contributed by atoms with Gasteiger partial charge in [0.25, 0.3) is 0 Å². The summed E-state index contributed by atoms with van der Waals surface area (Å²) in [5.41, 5.74) is 7.76. The second-order valence-electron chi connectivity index (χ2n) is 11.7. The second-order valence-corrected chi connectivity index (χ2v) is 12.6. The average molecular weight is 780 g/mol. The highest BCUT2D eigenvalue weighted by Crippen LogP contribution is 2.30. The van der Waals surface area contributed by atoms with Crippen LogP contribution >= 0.6 is 11.8 Å². The van der Waals surface area contributed by atoms with Crippen molar-refractivity contribution in [3.05, 3.63) is 83.7 Å². The van der Waals surface area contributed by atoms with Crippen molar-refractivity contribution in [2.75, 3.05) is 26.0 Å². The Balaban J connectivity index is 0.000000845. The maximum atomic E-state index is 12.9. The summed E-state index contributed by atoms with van der Waals surface area (Å²) in [5, 5.41) is 19.8. The van der Waals surface area contributed by atoms with Gasteiger partial charge in [-0.05, 0) is 92.9 Å². The fourth-order valence-corrected chi connectivity index (χ4v) is 5.79. The Bertz CT molecular complexity index is 1920. The number of hydrogen-bond donors (Lipinski definition) is 3. The minimum absolute atomic E-state index is 0.0516. The van der Waals surface area contributed by atoms with Gasteiger partial charge in [0.05, 0.1) is 30.5 Å². The van der Waals surface area contributed by atoms with Crippen LogP contribution in [-0.4, -0.2) is 81.5 Å². The Labute approximate surface area is 309 Å². The number of nitrogens with zero attached hydrogens (tertiary/aromatic N) is 5. The van der Waals surface area contributed by atoms with Crippen LogP contribution in [-0.2, 0) is 9.59 Å². The van der Waals surface area contributed by atoms with Crippen molar-refractivity contribution in [2.45, 2.75) is 39.2 Å². The minimum atomic E-state index is -5.08. The molecule has 0 bridgehead atoms. The van der Waals surface area contributed by atoms with Gasteiger partial charge in [-0.3, -0.25) is 10.2 Å². The SMILES string of the molecule is COc1cc(C)c(N=C(N/N=C/c2ccc(-c3ncn(-c4ccc(OC(F)(F)F)cc4)n3)cc2)SCC(=O)C2CCNCC2)c(C)c1.O=C(O)C(F)(F)F. The lowest BCUT2D eigenvalue weighted by Gasteiger charge is -2.21. The van der Waals surface area contributed by atoms with Crippen LogP contribution in [0.5, 0.6) is 11.5 Å². The highest BCUT2D eigenvalue weighted by molar-refractivity contribution is 8.14. The molecule has 1 fully saturated rings. The number of hydrogen-bond acceptors (Lipinski definition) is 10. The number of halogens is 6. The second kappa shape index (κ2) is 18.6. The molecule has 0 saturated carbocycles. The largest absolute Gasteiger partial charge is 0.573 e. The Morgan fingerprint density at radius 1 is 1.00 bits per heavy atom. The number of aromatic nitrogens is 3. The summed E-state index contributed by atoms with van der Waals surface area (Å²) in [7, 11) is 1.62. The van der Waals surface area contributed by atoms with Gasteiger partial charge in [-0.1, -0.05) is 36.0 Å². The number of nitrogens with one attached hydrogen (secondary N) is 2. The van der Waals surface area contributed by atoms with Crippen molar-refractivity contribution in [3.8, 4) is 28.6 Å². The zero-order valence-electron chi connectivity index (χ0n) is 29.0. The van der Waals surface area contributed by atoms with E-state index in [9.17, 15) is 31.1 Å².